The van der Waals surface area contributed by atoms with E-state index in [-0.39, 0.29) is 6.04 Å². The molecule has 0 unspecified atom stereocenters. The summed E-state index contributed by atoms with van der Waals surface area (Å²) in [6.45, 7) is 7.60. The van der Waals surface area contributed by atoms with E-state index in [4.69, 9.17) is 23.2 Å². The number of amides is 2. The van der Waals surface area contributed by atoms with Crippen molar-refractivity contribution < 1.29 is 9.59 Å². The molecule has 6 nitrogen and oxygen atoms in total. The molecule has 0 saturated carbocycles. The molecule has 0 radical (unpaired) electrons. The van der Waals surface area contributed by atoms with Gasteiger partial charge in [0.1, 0.15) is 0 Å². The Labute approximate surface area is 168 Å². The maximum absolute atomic E-state index is 11.8. The van der Waals surface area contributed by atoms with Gasteiger partial charge in [0.15, 0.2) is 0 Å². The highest BCUT2D eigenvalue weighted by atomic mass is 35.5. The van der Waals surface area contributed by atoms with E-state index in [0.29, 0.717) is 10.0 Å². The van der Waals surface area contributed by atoms with E-state index in [0.717, 1.165) is 29.1 Å². The molecule has 2 rings (SSSR count). The summed E-state index contributed by atoms with van der Waals surface area (Å²) in [7, 11) is 0. The highest BCUT2D eigenvalue weighted by Gasteiger charge is 2.15. The van der Waals surface area contributed by atoms with Crippen LogP contribution in [0.5, 0.6) is 0 Å². The Morgan fingerprint density at radius 2 is 1.78 bits per heavy atom. The monoisotopic (exact) mass is 408 g/mol. The number of hydrogen-bond donors (Lipinski definition) is 2. The standard InChI is InChI=1S/C19H22Cl2N4O2/c1-5-11(2)23-18(26)19(27)24-22-10-14-6-12(3)25(13(14)4)17-8-15(20)7-16(21)9-17/h6-11H,5H2,1-4H3,(H,23,26)(H,24,27)/b22-10-/t11-/m0/s1. The summed E-state index contributed by atoms with van der Waals surface area (Å²) in [5.74, 6) is -1.51. The first-order valence-corrected chi connectivity index (χ1v) is 9.27. The second-order valence-electron chi connectivity index (χ2n) is 6.27. The number of benzene rings is 1. The SMILES string of the molecule is CC[C@H](C)NC(=O)C(=O)N/N=C\c1cc(C)n(-c2cc(Cl)cc(Cl)c2)c1C. The van der Waals surface area contributed by atoms with Gasteiger partial charge in [0.05, 0.1) is 6.21 Å². The summed E-state index contributed by atoms with van der Waals surface area (Å²) in [5.41, 5.74) is 5.72. The van der Waals surface area contributed by atoms with Gasteiger partial charge in [0.2, 0.25) is 0 Å². The molecule has 2 amide bonds. The van der Waals surface area contributed by atoms with Crippen LogP contribution in [0.4, 0.5) is 0 Å². The van der Waals surface area contributed by atoms with Gasteiger partial charge in [-0.3, -0.25) is 9.59 Å². The fourth-order valence-corrected chi connectivity index (χ4v) is 3.10. The molecule has 0 aliphatic heterocycles. The summed E-state index contributed by atoms with van der Waals surface area (Å²) >= 11 is 12.2. The molecule has 1 atom stereocenters. The van der Waals surface area contributed by atoms with E-state index in [1.54, 1.807) is 6.07 Å². The molecule has 0 bridgehead atoms. The minimum absolute atomic E-state index is 0.0734. The number of aryl methyl sites for hydroxylation is 1. The van der Waals surface area contributed by atoms with Gasteiger partial charge >= 0.3 is 11.8 Å². The fraction of sp³-hybridized carbons (Fsp3) is 0.316. The number of hydrazone groups is 1. The topological polar surface area (TPSA) is 75.5 Å². The van der Waals surface area contributed by atoms with Gasteiger partial charge in [-0.25, -0.2) is 5.43 Å². The van der Waals surface area contributed by atoms with Crippen LogP contribution < -0.4 is 10.7 Å². The first kappa shape index (κ1) is 21.0. The summed E-state index contributed by atoms with van der Waals surface area (Å²) in [6.07, 6.45) is 2.24. The normalized spacial score (nSPS) is 12.2. The van der Waals surface area contributed by atoms with E-state index >= 15 is 0 Å². The second-order valence-corrected chi connectivity index (χ2v) is 7.14. The zero-order chi connectivity index (χ0) is 20.1. The molecular formula is C19H22Cl2N4O2. The fourth-order valence-electron chi connectivity index (χ4n) is 2.59. The van der Waals surface area contributed by atoms with Gasteiger partial charge in [-0.05, 0) is 51.5 Å². The molecule has 0 aliphatic rings. The van der Waals surface area contributed by atoms with Crippen LogP contribution >= 0.6 is 23.2 Å². The smallest absolute Gasteiger partial charge is 0.329 e. The maximum atomic E-state index is 11.8. The van der Waals surface area contributed by atoms with Crippen LogP contribution in [0.15, 0.2) is 29.4 Å². The number of rotatable bonds is 5. The molecule has 0 spiro atoms. The van der Waals surface area contributed by atoms with E-state index in [1.807, 2.05) is 50.5 Å². The molecule has 0 saturated heterocycles. The summed E-state index contributed by atoms with van der Waals surface area (Å²) < 4.78 is 1.98. The van der Waals surface area contributed by atoms with E-state index < -0.39 is 11.8 Å². The quantitative estimate of drug-likeness (QED) is 0.448. The lowest BCUT2D eigenvalue weighted by molar-refractivity contribution is -0.139. The molecule has 144 valence electrons. The zero-order valence-electron chi connectivity index (χ0n) is 15.6. The number of carbonyl (C=O) groups is 2. The van der Waals surface area contributed by atoms with Gasteiger partial charge < -0.3 is 9.88 Å². The Morgan fingerprint density at radius 3 is 2.37 bits per heavy atom. The minimum atomic E-state index is -0.804. The molecule has 1 heterocycles. The third-order valence-electron chi connectivity index (χ3n) is 4.14. The molecule has 2 aromatic rings. The molecule has 1 aromatic carbocycles. The lowest BCUT2D eigenvalue weighted by atomic mass is 10.2. The van der Waals surface area contributed by atoms with Crippen LogP contribution in [0.25, 0.3) is 5.69 Å². The molecule has 0 aliphatic carbocycles. The summed E-state index contributed by atoms with van der Waals surface area (Å²) in [6, 6.07) is 7.14. The number of carbonyl (C=O) groups excluding carboxylic acids is 2. The van der Waals surface area contributed by atoms with Crippen LogP contribution in [-0.2, 0) is 9.59 Å². The second kappa shape index (κ2) is 9.06. The van der Waals surface area contributed by atoms with Crippen molar-refractivity contribution in [2.24, 2.45) is 5.10 Å². The largest absolute Gasteiger partial charge is 0.345 e. The van der Waals surface area contributed by atoms with Crippen molar-refractivity contribution in [2.45, 2.75) is 40.2 Å². The average molecular weight is 409 g/mol. The number of nitrogens with one attached hydrogen (secondary N) is 2. The zero-order valence-corrected chi connectivity index (χ0v) is 17.1. The van der Waals surface area contributed by atoms with Crippen molar-refractivity contribution in [1.29, 1.82) is 0 Å². The van der Waals surface area contributed by atoms with Crippen LogP contribution in [0, 0.1) is 13.8 Å². The number of aromatic nitrogens is 1. The first-order chi connectivity index (χ1) is 12.7. The number of nitrogens with zero attached hydrogens (tertiary/aromatic N) is 2. The Kier molecular flexibility index (Phi) is 7.05. The lowest BCUT2D eigenvalue weighted by Crippen LogP contribution is -2.41. The van der Waals surface area contributed by atoms with Crippen LogP contribution in [-0.4, -0.2) is 28.6 Å². The average Bonchev–Trinajstić information content (AvgIpc) is 2.87. The van der Waals surface area contributed by atoms with Crippen LogP contribution in [0.2, 0.25) is 10.0 Å². The predicted molar refractivity (Wildman–Crippen MR) is 109 cm³/mol. The van der Waals surface area contributed by atoms with E-state index in [2.05, 4.69) is 15.8 Å². The van der Waals surface area contributed by atoms with Gasteiger partial charge in [-0.2, -0.15) is 5.10 Å². The Balaban J connectivity index is 2.15. The number of hydrogen-bond acceptors (Lipinski definition) is 3. The van der Waals surface area contributed by atoms with Crippen molar-refractivity contribution in [3.8, 4) is 5.69 Å². The Bertz CT molecular complexity index is 870. The van der Waals surface area contributed by atoms with Gasteiger partial charge in [0.25, 0.3) is 0 Å². The third kappa shape index (κ3) is 5.34. The van der Waals surface area contributed by atoms with Crippen molar-refractivity contribution in [1.82, 2.24) is 15.3 Å². The highest BCUT2D eigenvalue weighted by Crippen LogP contribution is 2.25. The molecule has 27 heavy (non-hydrogen) atoms. The van der Waals surface area contributed by atoms with E-state index in [1.165, 1.54) is 6.21 Å². The van der Waals surface area contributed by atoms with Gasteiger partial charge in [-0.15, -0.1) is 0 Å². The number of halogens is 2. The first-order valence-electron chi connectivity index (χ1n) is 8.52. The summed E-state index contributed by atoms with van der Waals surface area (Å²) in [4.78, 5) is 23.5. The lowest BCUT2D eigenvalue weighted by Gasteiger charge is -2.10. The summed E-state index contributed by atoms with van der Waals surface area (Å²) in [5, 5.41) is 7.55. The molecule has 1 aromatic heterocycles. The Hall–Kier alpha value is -2.31. The minimum Gasteiger partial charge on any atom is -0.345 e. The maximum Gasteiger partial charge on any atom is 0.329 e. The van der Waals surface area contributed by atoms with Gasteiger partial charge in [-0.1, -0.05) is 30.1 Å². The highest BCUT2D eigenvalue weighted by molar-refractivity contribution is 6.35. The van der Waals surface area contributed by atoms with Crippen molar-refractivity contribution in [2.75, 3.05) is 0 Å². The van der Waals surface area contributed by atoms with Crippen molar-refractivity contribution >= 4 is 41.2 Å². The predicted octanol–water partition coefficient (Wildman–Crippen LogP) is 3.77. The van der Waals surface area contributed by atoms with Crippen LogP contribution in [0.3, 0.4) is 0 Å². The Morgan fingerprint density at radius 1 is 1.15 bits per heavy atom. The third-order valence-corrected chi connectivity index (χ3v) is 4.58. The van der Waals surface area contributed by atoms with Gasteiger partial charge in [0, 0.05) is 38.7 Å². The van der Waals surface area contributed by atoms with E-state index in [9.17, 15) is 9.59 Å². The molecular weight excluding hydrogens is 387 g/mol. The van der Waals surface area contributed by atoms with Crippen molar-refractivity contribution in [3.05, 3.63) is 51.3 Å². The molecule has 2 N–H and O–H groups in total. The molecule has 8 heteroatoms. The molecule has 0 fully saturated rings. The van der Waals surface area contributed by atoms with Crippen molar-refractivity contribution in [3.63, 3.8) is 0 Å². The van der Waals surface area contributed by atoms with Crippen LogP contribution in [0.1, 0.15) is 37.2 Å².